The zero-order chi connectivity index (χ0) is 20.6. The lowest BCUT2D eigenvalue weighted by Gasteiger charge is -2.34. The van der Waals surface area contributed by atoms with E-state index in [-0.39, 0.29) is 11.8 Å². The van der Waals surface area contributed by atoms with Crippen LogP contribution in [0.25, 0.3) is 0 Å². The van der Waals surface area contributed by atoms with Gasteiger partial charge < -0.3 is 4.90 Å². The van der Waals surface area contributed by atoms with Crippen molar-refractivity contribution in [2.45, 2.75) is 45.4 Å². The molecule has 1 amide bonds. The Bertz CT molecular complexity index is 988. The van der Waals surface area contributed by atoms with Crippen molar-refractivity contribution in [3.05, 3.63) is 44.9 Å². The normalized spacial score (nSPS) is 16.0. The molecule has 1 fully saturated rings. The minimum atomic E-state index is -3.54. The Hall–Kier alpha value is -1.77. The van der Waals surface area contributed by atoms with Crippen LogP contribution in [-0.2, 0) is 10.0 Å². The second kappa shape index (κ2) is 7.93. The van der Waals surface area contributed by atoms with Gasteiger partial charge in [0.05, 0.1) is 15.6 Å². The number of benzene rings is 1. The highest BCUT2D eigenvalue weighted by molar-refractivity contribution is 7.89. The van der Waals surface area contributed by atoms with Gasteiger partial charge in [0.15, 0.2) is 0 Å². The molecule has 0 saturated carbocycles. The van der Waals surface area contributed by atoms with Crippen molar-refractivity contribution in [3.8, 4) is 0 Å². The Morgan fingerprint density at radius 3 is 2.25 bits per heavy atom. The van der Waals surface area contributed by atoms with Crippen molar-refractivity contribution in [2.24, 2.45) is 0 Å². The summed E-state index contributed by atoms with van der Waals surface area (Å²) in [5.74, 6) is 0.232. The molecule has 0 unspecified atom stereocenters. The molecule has 0 atom stereocenters. The fourth-order valence-corrected chi connectivity index (χ4v) is 5.71. The van der Waals surface area contributed by atoms with Crippen LogP contribution in [0.1, 0.15) is 51.3 Å². The van der Waals surface area contributed by atoms with E-state index in [9.17, 15) is 13.2 Å². The van der Waals surface area contributed by atoms with Gasteiger partial charge in [0.25, 0.3) is 5.91 Å². The highest BCUT2D eigenvalue weighted by atomic mass is 32.2. The number of carbonyl (C=O) groups is 1. The number of aryl methyl sites for hydroxylation is 3. The van der Waals surface area contributed by atoms with E-state index in [1.165, 1.54) is 15.6 Å². The minimum absolute atomic E-state index is 0.0508. The lowest BCUT2D eigenvalue weighted by atomic mass is 10.1. The Kier molecular flexibility index (Phi) is 5.93. The SMILES string of the molecule is Cc1ccc(S(=O)(=O)N2CCN(C(=O)c3sc(C(C)C)nc3C)CC2)cc1C. The van der Waals surface area contributed by atoms with Gasteiger partial charge in [-0.15, -0.1) is 11.3 Å². The number of thiazole rings is 1. The van der Waals surface area contributed by atoms with Crippen molar-refractivity contribution in [1.29, 1.82) is 0 Å². The number of aromatic nitrogens is 1. The molecule has 0 aliphatic carbocycles. The van der Waals surface area contributed by atoms with Gasteiger partial charge in [-0.05, 0) is 44.0 Å². The quantitative estimate of drug-likeness (QED) is 0.759. The van der Waals surface area contributed by atoms with E-state index in [1.807, 2.05) is 26.8 Å². The summed E-state index contributed by atoms with van der Waals surface area (Å²) < 4.78 is 27.4. The first-order valence-electron chi connectivity index (χ1n) is 9.45. The monoisotopic (exact) mass is 421 g/mol. The minimum Gasteiger partial charge on any atom is -0.335 e. The number of carbonyl (C=O) groups excluding carboxylic acids is 1. The maximum Gasteiger partial charge on any atom is 0.265 e. The van der Waals surface area contributed by atoms with E-state index in [4.69, 9.17) is 0 Å². The largest absolute Gasteiger partial charge is 0.335 e. The summed E-state index contributed by atoms with van der Waals surface area (Å²) in [4.78, 5) is 20.1. The third kappa shape index (κ3) is 3.99. The fourth-order valence-electron chi connectivity index (χ4n) is 3.16. The standard InChI is InChI=1S/C20H27N3O3S2/c1-13(2)19-21-16(5)18(27-19)20(24)22-8-10-23(11-9-22)28(25,26)17-7-6-14(3)15(4)12-17/h6-7,12-13H,8-11H2,1-5H3. The summed E-state index contributed by atoms with van der Waals surface area (Å²) in [6.07, 6.45) is 0. The van der Waals surface area contributed by atoms with E-state index in [0.717, 1.165) is 21.8 Å². The van der Waals surface area contributed by atoms with E-state index in [1.54, 1.807) is 17.0 Å². The van der Waals surface area contributed by atoms with Gasteiger partial charge in [0, 0.05) is 32.1 Å². The van der Waals surface area contributed by atoms with E-state index >= 15 is 0 Å². The summed E-state index contributed by atoms with van der Waals surface area (Å²) >= 11 is 1.44. The second-order valence-electron chi connectivity index (χ2n) is 7.56. The third-order valence-electron chi connectivity index (χ3n) is 5.14. The first-order chi connectivity index (χ1) is 13.1. The van der Waals surface area contributed by atoms with Crippen molar-refractivity contribution in [1.82, 2.24) is 14.2 Å². The van der Waals surface area contributed by atoms with E-state index < -0.39 is 10.0 Å². The van der Waals surface area contributed by atoms with Crippen LogP contribution in [0.2, 0.25) is 0 Å². The predicted octanol–water partition coefficient (Wildman–Crippen LogP) is 3.34. The molecule has 1 aromatic heterocycles. The molecule has 0 radical (unpaired) electrons. The number of hydrogen-bond donors (Lipinski definition) is 0. The first kappa shape index (κ1) is 21.0. The highest BCUT2D eigenvalue weighted by Gasteiger charge is 2.31. The van der Waals surface area contributed by atoms with Gasteiger partial charge in [-0.3, -0.25) is 4.79 Å². The molecule has 6 nitrogen and oxygen atoms in total. The Morgan fingerprint density at radius 2 is 1.71 bits per heavy atom. The van der Waals surface area contributed by atoms with Crippen LogP contribution >= 0.6 is 11.3 Å². The lowest BCUT2D eigenvalue weighted by molar-refractivity contribution is 0.0702. The van der Waals surface area contributed by atoms with Gasteiger partial charge in [0.2, 0.25) is 10.0 Å². The van der Waals surface area contributed by atoms with Crippen LogP contribution < -0.4 is 0 Å². The molecule has 0 bridgehead atoms. The molecule has 152 valence electrons. The van der Waals surface area contributed by atoms with E-state index in [2.05, 4.69) is 18.8 Å². The molecule has 3 rings (SSSR count). The smallest absolute Gasteiger partial charge is 0.265 e. The summed E-state index contributed by atoms with van der Waals surface area (Å²) in [5, 5.41) is 0.955. The van der Waals surface area contributed by atoms with Crippen LogP contribution in [-0.4, -0.2) is 54.7 Å². The van der Waals surface area contributed by atoms with Crippen LogP contribution in [0, 0.1) is 20.8 Å². The van der Waals surface area contributed by atoms with Gasteiger partial charge >= 0.3 is 0 Å². The van der Waals surface area contributed by atoms with Gasteiger partial charge in [-0.25, -0.2) is 13.4 Å². The maximum absolute atomic E-state index is 12.9. The van der Waals surface area contributed by atoms with Gasteiger partial charge in [-0.1, -0.05) is 19.9 Å². The average Bonchev–Trinajstić information content (AvgIpc) is 3.05. The molecular formula is C20H27N3O3S2. The Morgan fingerprint density at radius 1 is 1.07 bits per heavy atom. The first-order valence-corrected chi connectivity index (χ1v) is 11.7. The maximum atomic E-state index is 12.9. The van der Waals surface area contributed by atoms with Crippen LogP contribution in [0.5, 0.6) is 0 Å². The van der Waals surface area contributed by atoms with Gasteiger partial charge in [0.1, 0.15) is 4.88 Å². The van der Waals surface area contributed by atoms with Crippen LogP contribution in [0.3, 0.4) is 0 Å². The Labute approximate surface area is 171 Å². The average molecular weight is 422 g/mol. The zero-order valence-corrected chi connectivity index (χ0v) is 18.7. The molecule has 1 aromatic carbocycles. The summed E-state index contributed by atoms with van der Waals surface area (Å²) in [7, 11) is -3.54. The van der Waals surface area contributed by atoms with Crippen molar-refractivity contribution >= 4 is 27.3 Å². The zero-order valence-electron chi connectivity index (χ0n) is 17.0. The fraction of sp³-hybridized carbons (Fsp3) is 0.500. The molecule has 0 spiro atoms. The van der Waals surface area contributed by atoms with Crippen molar-refractivity contribution in [2.75, 3.05) is 26.2 Å². The molecule has 2 aromatic rings. The number of nitrogens with zero attached hydrogens (tertiary/aromatic N) is 3. The number of rotatable bonds is 4. The number of sulfonamides is 1. The van der Waals surface area contributed by atoms with E-state index in [0.29, 0.717) is 36.0 Å². The second-order valence-corrected chi connectivity index (χ2v) is 10.5. The molecule has 1 aliphatic rings. The number of piperazine rings is 1. The third-order valence-corrected chi connectivity index (χ3v) is 8.48. The van der Waals surface area contributed by atoms with Crippen molar-refractivity contribution < 1.29 is 13.2 Å². The topological polar surface area (TPSA) is 70.6 Å². The Balaban J connectivity index is 1.71. The molecule has 2 heterocycles. The summed E-state index contributed by atoms with van der Waals surface area (Å²) in [6, 6.07) is 5.21. The molecule has 1 saturated heterocycles. The van der Waals surface area contributed by atoms with Crippen LogP contribution in [0.15, 0.2) is 23.1 Å². The number of hydrogen-bond acceptors (Lipinski definition) is 5. The summed E-state index contributed by atoms with van der Waals surface area (Å²) in [5.41, 5.74) is 2.77. The molecule has 1 aliphatic heterocycles. The van der Waals surface area contributed by atoms with Gasteiger partial charge in [-0.2, -0.15) is 4.31 Å². The number of amides is 1. The molecule has 8 heteroatoms. The molecule has 28 heavy (non-hydrogen) atoms. The van der Waals surface area contributed by atoms with Crippen molar-refractivity contribution in [3.63, 3.8) is 0 Å². The molecular weight excluding hydrogens is 394 g/mol. The molecule has 0 N–H and O–H groups in total. The highest BCUT2D eigenvalue weighted by Crippen LogP contribution is 2.27. The van der Waals surface area contributed by atoms with Crippen LogP contribution in [0.4, 0.5) is 0 Å². The summed E-state index contributed by atoms with van der Waals surface area (Å²) in [6.45, 7) is 11.2. The predicted molar refractivity (Wildman–Crippen MR) is 112 cm³/mol. The lowest BCUT2D eigenvalue weighted by Crippen LogP contribution is -2.50.